The van der Waals surface area contributed by atoms with Gasteiger partial charge in [0.05, 0.1) is 0 Å². The Labute approximate surface area is 192 Å². The molecule has 0 saturated carbocycles. The van der Waals surface area contributed by atoms with E-state index in [1.807, 2.05) is 29.1 Å². The third-order valence-corrected chi connectivity index (χ3v) is 8.00. The number of benzene rings is 1. The molecule has 5 nitrogen and oxygen atoms in total. The van der Waals surface area contributed by atoms with Gasteiger partial charge in [-0.25, -0.2) is 4.79 Å². The van der Waals surface area contributed by atoms with Gasteiger partial charge in [0.1, 0.15) is 0 Å². The molecule has 0 N–H and O–H groups in total. The van der Waals surface area contributed by atoms with Crippen molar-refractivity contribution in [2.75, 3.05) is 26.7 Å². The first kappa shape index (κ1) is 22.6. The average Bonchev–Trinajstić information content (AvgIpc) is 2.82. The van der Waals surface area contributed by atoms with Gasteiger partial charge in [-0.15, -0.1) is 0 Å². The van der Waals surface area contributed by atoms with Crippen LogP contribution in [0.25, 0.3) is 11.1 Å². The molecule has 172 valence electrons. The second-order valence-electron chi connectivity index (χ2n) is 10.1. The molecule has 0 unspecified atom stereocenters. The summed E-state index contributed by atoms with van der Waals surface area (Å²) in [5.41, 5.74) is 5.06. The summed E-state index contributed by atoms with van der Waals surface area (Å²) in [6.07, 6.45) is 8.62. The fourth-order valence-corrected chi connectivity index (χ4v) is 5.43. The SMILES string of the molecule is C[C@@H]1CCc2ccc(-c3ccc(=O)n(C)c3)cc2[C@]1(C)CCN(C)C(=O)N1CCCCC1. The lowest BCUT2D eigenvalue weighted by molar-refractivity contribution is 0.145. The summed E-state index contributed by atoms with van der Waals surface area (Å²) in [4.78, 5) is 28.7. The van der Waals surface area contributed by atoms with E-state index in [9.17, 15) is 9.59 Å². The summed E-state index contributed by atoms with van der Waals surface area (Å²) in [5, 5.41) is 0. The van der Waals surface area contributed by atoms with Gasteiger partial charge in [0.2, 0.25) is 5.56 Å². The van der Waals surface area contributed by atoms with Crippen molar-refractivity contribution in [3.63, 3.8) is 0 Å². The Morgan fingerprint density at radius 1 is 1.12 bits per heavy atom. The quantitative estimate of drug-likeness (QED) is 0.691. The number of pyridine rings is 1. The first-order valence-electron chi connectivity index (χ1n) is 12.1. The molecular formula is C27H37N3O2. The molecule has 1 saturated heterocycles. The zero-order chi connectivity index (χ0) is 22.9. The Bertz CT molecular complexity index is 1040. The van der Waals surface area contributed by atoms with Crippen LogP contribution in [0.5, 0.6) is 0 Å². The van der Waals surface area contributed by atoms with Gasteiger partial charge < -0.3 is 14.4 Å². The summed E-state index contributed by atoms with van der Waals surface area (Å²) >= 11 is 0. The lowest BCUT2D eigenvalue weighted by Crippen LogP contribution is -2.46. The second kappa shape index (κ2) is 9.13. The lowest BCUT2D eigenvalue weighted by atomic mass is 9.63. The number of carbonyl (C=O) groups excluding carboxylic acids is 1. The maximum Gasteiger partial charge on any atom is 0.319 e. The Balaban J connectivity index is 1.57. The van der Waals surface area contributed by atoms with E-state index in [-0.39, 0.29) is 17.0 Å². The molecule has 0 bridgehead atoms. The molecule has 1 aliphatic carbocycles. The zero-order valence-corrected chi connectivity index (χ0v) is 20.1. The molecule has 2 aliphatic rings. The Hall–Kier alpha value is -2.56. The molecule has 2 heterocycles. The standard InChI is InChI=1S/C27H37N3O2/c1-20-8-9-21-10-11-22(23-12-13-25(31)29(4)19-23)18-24(21)27(20,2)14-17-28(3)26(32)30-15-6-5-7-16-30/h10-13,18-20H,5-9,14-17H2,1-4H3/t20-,27-/m1/s1. The van der Waals surface area contributed by atoms with E-state index >= 15 is 0 Å². The molecule has 32 heavy (non-hydrogen) atoms. The topological polar surface area (TPSA) is 45.6 Å². The highest BCUT2D eigenvalue weighted by Gasteiger charge is 2.38. The van der Waals surface area contributed by atoms with Crippen LogP contribution in [0.4, 0.5) is 4.79 Å². The average molecular weight is 436 g/mol. The lowest BCUT2D eigenvalue weighted by Gasteiger charge is -2.43. The number of hydrogen-bond acceptors (Lipinski definition) is 2. The van der Waals surface area contributed by atoms with Crippen molar-refractivity contribution in [1.29, 1.82) is 0 Å². The van der Waals surface area contributed by atoms with Crippen LogP contribution in [0, 0.1) is 5.92 Å². The minimum atomic E-state index is 0.00609. The van der Waals surface area contributed by atoms with Gasteiger partial charge >= 0.3 is 6.03 Å². The number of aromatic nitrogens is 1. The number of urea groups is 1. The third-order valence-electron chi connectivity index (χ3n) is 8.00. The molecule has 1 fully saturated rings. The largest absolute Gasteiger partial charge is 0.328 e. The normalized spacial score (nSPS) is 23.0. The minimum absolute atomic E-state index is 0.00609. The van der Waals surface area contributed by atoms with Crippen LogP contribution in [-0.2, 0) is 18.9 Å². The van der Waals surface area contributed by atoms with E-state index in [1.54, 1.807) is 17.7 Å². The summed E-state index contributed by atoms with van der Waals surface area (Å²) in [7, 11) is 3.75. The van der Waals surface area contributed by atoms with Crippen LogP contribution in [0.3, 0.4) is 0 Å². The summed E-state index contributed by atoms with van der Waals surface area (Å²) in [6, 6.07) is 10.5. The third kappa shape index (κ3) is 4.35. The molecule has 1 aliphatic heterocycles. The van der Waals surface area contributed by atoms with Crippen LogP contribution in [0.15, 0.2) is 41.3 Å². The predicted molar refractivity (Wildman–Crippen MR) is 130 cm³/mol. The van der Waals surface area contributed by atoms with Crippen LogP contribution >= 0.6 is 0 Å². The van der Waals surface area contributed by atoms with Gasteiger partial charge in [-0.3, -0.25) is 4.79 Å². The highest BCUT2D eigenvalue weighted by molar-refractivity contribution is 5.74. The Kier molecular flexibility index (Phi) is 6.45. The number of aryl methyl sites for hydroxylation is 2. The number of piperidine rings is 1. The van der Waals surface area contributed by atoms with E-state index in [2.05, 4.69) is 32.0 Å². The minimum Gasteiger partial charge on any atom is -0.328 e. The van der Waals surface area contributed by atoms with Crippen LogP contribution in [-0.4, -0.2) is 47.1 Å². The smallest absolute Gasteiger partial charge is 0.319 e. The zero-order valence-electron chi connectivity index (χ0n) is 20.1. The summed E-state index contributed by atoms with van der Waals surface area (Å²) in [5.74, 6) is 0.545. The molecule has 1 aromatic heterocycles. The van der Waals surface area contributed by atoms with Crippen LogP contribution in [0.1, 0.15) is 57.1 Å². The van der Waals surface area contributed by atoms with Crippen molar-refractivity contribution in [2.24, 2.45) is 13.0 Å². The van der Waals surface area contributed by atoms with Crippen LogP contribution < -0.4 is 5.56 Å². The molecule has 0 spiro atoms. The van der Waals surface area contributed by atoms with Gasteiger partial charge in [-0.2, -0.15) is 0 Å². The molecule has 2 amide bonds. The van der Waals surface area contributed by atoms with Gasteiger partial charge in [0, 0.05) is 46.0 Å². The summed E-state index contributed by atoms with van der Waals surface area (Å²) < 4.78 is 1.64. The Morgan fingerprint density at radius 3 is 2.56 bits per heavy atom. The van der Waals surface area contributed by atoms with E-state index < -0.39 is 0 Å². The van der Waals surface area contributed by atoms with Gasteiger partial charge in [0.25, 0.3) is 0 Å². The number of fused-ring (bicyclic) bond motifs is 1. The van der Waals surface area contributed by atoms with Crippen molar-refractivity contribution in [3.05, 3.63) is 58.0 Å². The molecule has 0 radical (unpaired) electrons. The Morgan fingerprint density at radius 2 is 1.84 bits per heavy atom. The van der Waals surface area contributed by atoms with Gasteiger partial charge in [-0.1, -0.05) is 32.0 Å². The first-order valence-corrected chi connectivity index (χ1v) is 12.1. The van der Waals surface area contributed by atoms with Crippen molar-refractivity contribution in [2.45, 2.75) is 57.8 Å². The molecular weight excluding hydrogens is 398 g/mol. The number of likely N-dealkylation sites (tertiary alicyclic amines) is 1. The number of amides is 2. The number of rotatable bonds is 4. The predicted octanol–water partition coefficient (Wildman–Crippen LogP) is 4.82. The summed E-state index contributed by atoms with van der Waals surface area (Å²) in [6.45, 7) is 7.28. The fourth-order valence-electron chi connectivity index (χ4n) is 5.43. The monoisotopic (exact) mass is 435 g/mol. The van der Waals surface area contributed by atoms with Crippen molar-refractivity contribution >= 4 is 6.03 Å². The maximum atomic E-state index is 12.9. The van der Waals surface area contributed by atoms with Crippen molar-refractivity contribution < 1.29 is 4.79 Å². The van der Waals surface area contributed by atoms with Gasteiger partial charge in [0.15, 0.2) is 0 Å². The van der Waals surface area contributed by atoms with E-state index in [0.29, 0.717) is 5.92 Å². The molecule has 2 atom stereocenters. The van der Waals surface area contributed by atoms with Crippen LogP contribution in [0.2, 0.25) is 0 Å². The van der Waals surface area contributed by atoms with E-state index in [1.165, 1.54) is 24.0 Å². The highest BCUT2D eigenvalue weighted by atomic mass is 16.2. The number of nitrogens with zero attached hydrogens (tertiary/aromatic N) is 3. The molecule has 1 aromatic carbocycles. The van der Waals surface area contributed by atoms with E-state index in [4.69, 9.17) is 0 Å². The highest BCUT2D eigenvalue weighted by Crippen LogP contribution is 2.45. The van der Waals surface area contributed by atoms with Gasteiger partial charge in [-0.05, 0) is 78.2 Å². The molecule has 5 heteroatoms. The van der Waals surface area contributed by atoms with Crippen molar-refractivity contribution in [1.82, 2.24) is 14.4 Å². The number of hydrogen-bond donors (Lipinski definition) is 0. The first-order chi connectivity index (χ1) is 15.3. The number of carbonyl (C=O) groups is 1. The fraction of sp³-hybridized carbons (Fsp3) is 0.556. The maximum absolute atomic E-state index is 12.9. The molecule has 2 aromatic rings. The second-order valence-corrected chi connectivity index (χ2v) is 10.1. The molecule has 4 rings (SSSR count). The van der Waals surface area contributed by atoms with E-state index in [0.717, 1.165) is 56.4 Å². The van der Waals surface area contributed by atoms with Crippen molar-refractivity contribution in [3.8, 4) is 11.1 Å².